The van der Waals surface area contributed by atoms with Crippen LogP contribution in [0.15, 0.2) is 24.3 Å². The number of hydrogen-bond donors (Lipinski definition) is 1. The summed E-state index contributed by atoms with van der Waals surface area (Å²) in [6.07, 6.45) is 3.24. The highest BCUT2D eigenvalue weighted by atomic mass is 19.3. The van der Waals surface area contributed by atoms with Crippen molar-refractivity contribution in [2.24, 2.45) is 0 Å². The van der Waals surface area contributed by atoms with Crippen molar-refractivity contribution in [1.82, 2.24) is 5.32 Å². The van der Waals surface area contributed by atoms with Crippen LogP contribution in [0.1, 0.15) is 43.4 Å². The third-order valence-electron chi connectivity index (χ3n) is 3.24. The smallest absolute Gasteiger partial charge is 0.249 e. The molecule has 1 heterocycles. The Morgan fingerprint density at radius 1 is 1.29 bits per heavy atom. The number of benzene rings is 1. The lowest BCUT2D eigenvalue weighted by Crippen LogP contribution is -2.28. The number of piperidine rings is 1. The van der Waals surface area contributed by atoms with Gasteiger partial charge in [0.25, 0.3) is 0 Å². The van der Waals surface area contributed by atoms with Crippen LogP contribution in [0.2, 0.25) is 0 Å². The van der Waals surface area contributed by atoms with E-state index < -0.39 is 5.92 Å². The van der Waals surface area contributed by atoms with Crippen LogP contribution in [0, 0.1) is 0 Å². The molecule has 1 unspecified atom stereocenters. The molecule has 0 radical (unpaired) electrons. The fourth-order valence-electron chi connectivity index (χ4n) is 2.49. The molecule has 17 heavy (non-hydrogen) atoms. The number of alkyl halides is 2. The molecule has 94 valence electrons. The summed E-state index contributed by atoms with van der Waals surface area (Å²) in [5.74, 6) is -2.63. The second-order valence-electron chi connectivity index (χ2n) is 4.95. The zero-order valence-corrected chi connectivity index (χ0v) is 10.2. The molecule has 1 fully saturated rings. The SMILES string of the molecule is CC(F)(F)Cc1ccccc1C1CCCCN1. The lowest BCUT2D eigenvalue weighted by molar-refractivity contribution is 0.0223. The Kier molecular flexibility index (Phi) is 3.77. The van der Waals surface area contributed by atoms with Crippen LogP contribution < -0.4 is 5.32 Å². The van der Waals surface area contributed by atoms with Crippen molar-refractivity contribution in [1.29, 1.82) is 0 Å². The maximum Gasteiger partial charge on any atom is 0.249 e. The monoisotopic (exact) mass is 239 g/mol. The van der Waals surface area contributed by atoms with Gasteiger partial charge in [-0.25, -0.2) is 8.78 Å². The van der Waals surface area contributed by atoms with Crippen molar-refractivity contribution in [2.45, 2.75) is 44.6 Å². The van der Waals surface area contributed by atoms with Crippen LogP contribution >= 0.6 is 0 Å². The standard InChI is InChI=1S/C14H19F2N/c1-14(15,16)10-11-6-2-3-7-12(11)13-8-4-5-9-17-13/h2-3,6-7,13,17H,4-5,8-10H2,1H3. The second kappa shape index (κ2) is 5.13. The highest BCUT2D eigenvalue weighted by Gasteiger charge is 2.25. The summed E-state index contributed by atoms with van der Waals surface area (Å²) in [5, 5.41) is 3.42. The fraction of sp³-hybridized carbons (Fsp3) is 0.571. The highest BCUT2D eigenvalue weighted by molar-refractivity contribution is 5.31. The topological polar surface area (TPSA) is 12.0 Å². The fourth-order valence-corrected chi connectivity index (χ4v) is 2.49. The summed E-state index contributed by atoms with van der Waals surface area (Å²) in [4.78, 5) is 0. The highest BCUT2D eigenvalue weighted by Crippen LogP contribution is 2.29. The largest absolute Gasteiger partial charge is 0.310 e. The molecule has 1 aromatic rings. The Morgan fingerprint density at radius 2 is 2.06 bits per heavy atom. The Hall–Kier alpha value is -0.960. The third-order valence-corrected chi connectivity index (χ3v) is 3.24. The van der Waals surface area contributed by atoms with Gasteiger partial charge in [0.05, 0.1) is 0 Å². The maximum atomic E-state index is 13.1. The molecule has 0 aromatic heterocycles. The summed E-state index contributed by atoms with van der Waals surface area (Å²) in [6, 6.07) is 7.82. The van der Waals surface area contributed by atoms with Gasteiger partial charge < -0.3 is 5.32 Å². The number of halogens is 2. The lowest BCUT2D eigenvalue weighted by atomic mass is 9.91. The van der Waals surface area contributed by atoms with Crippen molar-refractivity contribution in [3.05, 3.63) is 35.4 Å². The van der Waals surface area contributed by atoms with E-state index in [1.165, 1.54) is 12.8 Å². The maximum absolute atomic E-state index is 13.1. The van der Waals surface area contributed by atoms with E-state index in [1.807, 2.05) is 24.3 Å². The first-order chi connectivity index (χ1) is 8.06. The minimum absolute atomic E-state index is 0.165. The normalized spacial score (nSPS) is 21.5. The number of hydrogen-bond acceptors (Lipinski definition) is 1. The molecule has 1 atom stereocenters. The number of rotatable bonds is 3. The molecule has 0 amide bonds. The van der Waals surface area contributed by atoms with Gasteiger partial charge in [-0.15, -0.1) is 0 Å². The average Bonchev–Trinajstić information content (AvgIpc) is 2.29. The van der Waals surface area contributed by atoms with E-state index in [9.17, 15) is 8.78 Å². The molecule has 3 heteroatoms. The zero-order valence-electron chi connectivity index (χ0n) is 10.2. The molecule has 0 bridgehead atoms. The van der Waals surface area contributed by atoms with E-state index in [0.29, 0.717) is 0 Å². The number of nitrogens with one attached hydrogen (secondary N) is 1. The molecule has 0 saturated carbocycles. The summed E-state index contributed by atoms with van der Waals surface area (Å²) in [6.45, 7) is 1.97. The van der Waals surface area contributed by atoms with E-state index >= 15 is 0 Å². The molecule has 0 aliphatic carbocycles. The Balaban J connectivity index is 2.20. The first kappa shape index (κ1) is 12.5. The zero-order chi connectivity index (χ0) is 12.3. The van der Waals surface area contributed by atoms with E-state index in [2.05, 4.69) is 5.32 Å². The van der Waals surface area contributed by atoms with Crippen molar-refractivity contribution in [3.8, 4) is 0 Å². The molecule has 0 spiro atoms. The van der Waals surface area contributed by atoms with Crippen LogP contribution in [0.4, 0.5) is 8.78 Å². The minimum Gasteiger partial charge on any atom is -0.310 e. The van der Waals surface area contributed by atoms with E-state index in [4.69, 9.17) is 0 Å². The predicted octanol–water partition coefficient (Wildman–Crippen LogP) is 3.70. The van der Waals surface area contributed by atoms with Crippen LogP contribution in [-0.2, 0) is 6.42 Å². The molecule has 1 N–H and O–H groups in total. The summed E-state index contributed by atoms with van der Waals surface area (Å²) < 4.78 is 26.3. The van der Waals surface area contributed by atoms with Gasteiger partial charge in [-0.2, -0.15) is 0 Å². The molecule has 1 aliphatic rings. The summed E-state index contributed by atoms with van der Waals surface area (Å²) >= 11 is 0. The second-order valence-corrected chi connectivity index (χ2v) is 4.95. The van der Waals surface area contributed by atoms with Gasteiger partial charge in [0, 0.05) is 12.5 Å². The molecular formula is C14H19F2N. The first-order valence-electron chi connectivity index (χ1n) is 6.25. The van der Waals surface area contributed by atoms with Gasteiger partial charge in [-0.05, 0) is 37.4 Å². The Bertz CT molecular complexity index is 365. The van der Waals surface area contributed by atoms with Gasteiger partial charge in [-0.3, -0.25) is 0 Å². The quantitative estimate of drug-likeness (QED) is 0.848. The third kappa shape index (κ3) is 3.50. The van der Waals surface area contributed by atoms with Crippen LogP contribution in [0.3, 0.4) is 0 Å². The van der Waals surface area contributed by atoms with Gasteiger partial charge in [0.15, 0.2) is 0 Å². The molecular weight excluding hydrogens is 220 g/mol. The van der Waals surface area contributed by atoms with Crippen molar-refractivity contribution >= 4 is 0 Å². The van der Waals surface area contributed by atoms with Crippen molar-refractivity contribution in [2.75, 3.05) is 6.54 Å². The lowest BCUT2D eigenvalue weighted by Gasteiger charge is -2.26. The van der Waals surface area contributed by atoms with E-state index in [1.54, 1.807) is 0 Å². The van der Waals surface area contributed by atoms with Crippen LogP contribution in [0.5, 0.6) is 0 Å². The Morgan fingerprint density at radius 3 is 2.71 bits per heavy atom. The summed E-state index contributed by atoms with van der Waals surface area (Å²) in [7, 11) is 0. The molecule has 1 aliphatic heterocycles. The van der Waals surface area contributed by atoms with E-state index in [0.717, 1.165) is 31.0 Å². The van der Waals surface area contributed by atoms with Crippen molar-refractivity contribution < 1.29 is 8.78 Å². The van der Waals surface area contributed by atoms with Gasteiger partial charge in [-0.1, -0.05) is 30.7 Å². The molecule has 1 saturated heterocycles. The van der Waals surface area contributed by atoms with Gasteiger partial charge >= 0.3 is 0 Å². The Labute approximate surface area is 101 Å². The predicted molar refractivity (Wildman–Crippen MR) is 65.4 cm³/mol. The van der Waals surface area contributed by atoms with E-state index in [-0.39, 0.29) is 12.5 Å². The van der Waals surface area contributed by atoms with Gasteiger partial charge in [0.2, 0.25) is 5.92 Å². The average molecular weight is 239 g/mol. The molecule has 1 aromatic carbocycles. The summed E-state index contributed by atoms with van der Waals surface area (Å²) in [5.41, 5.74) is 1.83. The first-order valence-corrected chi connectivity index (χ1v) is 6.25. The molecule has 2 rings (SSSR count). The van der Waals surface area contributed by atoms with Gasteiger partial charge in [0.1, 0.15) is 0 Å². The van der Waals surface area contributed by atoms with Crippen LogP contribution in [-0.4, -0.2) is 12.5 Å². The minimum atomic E-state index is -2.63. The molecule has 1 nitrogen and oxygen atoms in total. The van der Waals surface area contributed by atoms with Crippen LogP contribution in [0.25, 0.3) is 0 Å². The van der Waals surface area contributed by atoms with Crippen molar-refractivity contribution in [3.63, 3.8) is 0 Å².